The van der Waals surface area contributed by atoms with E-state index in [2.05, 4.69) is 20.6 Å². The molecule has 3 rings (SSSR count). The molecule has 0 aliphatic rings. The van der Waals surface area contributed by atoms with Crippen LogP contribution in [0.5, 0.6) is 0 Å². The lowest BCUT2D eigenvalue weighted by Crippen LogP contribution is -2.27. The first-order chi connectivity index (χ1) is 12.2. The van der Waals surface area contributed by atoms with Gasteiger partial charge in [0.05, 0.1) is 11.0 Å². The van der Waals surface area contributed by atoms with Crippen LogP contribution in [0.15, 0.2) is 48.5 Å². The molecule has 0 spiro atoms. The van der Waals surface area contributed by atoms with Crippen molar-refractivity contribution in [1.82, 2.24) is 15.3 Å². The van der Waals surface area contributed by atoms with Gasteiger partial charge in [0.15, 0.2) is 0 Å². The molecule has 0 saturated heterocycles. The average molecular weight is 338 g/mol. The number of H-pyrrole nitrogens is 1. The fourth-order valence-electron chi connectivity index (χ4n) is 2.42. The summed E-state index contributed by atoms with van der Waals surface area (Å²) in [4.78, 5) is 31.1. The van der Waals surface area contributed by atoms with Gasteiger partial charge in [-0.15, -0.1) is 0 Å². The molecule has 2 aromatic carbocycles. The fraction of sp³-hybridized carbons (Fsp3) is 0.167. The third kappa shape index (κ3) is 4.21. The fourth-order valence-corrected chi connectivity index (χ4v) is 2.42. The molecule has 0 fully saturated rings. The Balaban J connectivity index is 1.53. The number of hydrogen-bond acceptors (Lipinski definition) is 4. The van der Waals surface area contributed by atoms with Crippen molar-refractivity contribution in [2.24, 2.45) is 0 Å². The van der Waals surface area contributed by atoms with Gasteiger partial charge in [-0.2, -0.15) is 0 Å². The normalized spacial score (nSPS) is 10.6. The Labute approximate surface area is 144 Å². The number of benzene rings is 2. The second kappa shape index (κ2) is 7.59. The van der Waals surface area contributed by atoms with Crippen LogP contribution in [0.2, 0.25) is 0 Å². The summed E-state index contributed by atoms with van der Waals surface area (Å²) in [6.07, 6.45) is 0.182. The molecule has 7 heteroatoms. The van der Waals surface area contributed by atoms with E-state index < -0.39 is 0 Å². The monoisotopic (exact) mass is 338 g/mol. The van der Waals surface area contributed by atoms with Gasteiger partial charge in [-0.25, -0.2) is 4.98 Å². The van der Waals surface area contributed by atoms with Crippen molar-refractivity contribution in [2.45, 2.75) is 13.0 Å². The number of para-hydroxylation sites is 1. The van der Waals surface area contributed by atoms with Crippen LogP contribution in [0, 0.1) is 0 Å². The van der Waals surface area contributed by atoms with E-state index in [9.17, 15) is 9.59 Å². The molecule has 2 amide bonds. The standard InChI is InChI=1S/C18H18N4O3/c23-11-16-21-14-7-6-12(10-15(14)22-16)18(25)19-9-8-17(24)20-13-4-2-1-3-5-13/h1-7,10,23H,8-9,11H2,(H,19,25)(H,20,24)(H,21,22). The summed E-state index contributed by atoms with van der Waals surface area (Å²) < 4.78 is 0. The molecule has 0 atom stereocenters. The number of anilines is 1. The number of amides is 2. The van der Waals surface area contributed by atoms with Gasteiger partial charge in [0, 0.05) is 24.2 Å². The highest BCUT2D eigenvalue weighted by atomic mass is 16.3. The van der Waals surface area contributed by atoms with Gasteiger partial charge in [-0.3, -0.25) is 9.59 Å². The molecule has 1 heterocycles. The molecule has 0 aliphatic heterocycles. The molecule has 128 valence electrons. The number of aliphatic hydroxyl groups is 1. The number of carbonyl (C=O) groups is 2. The maximum absolute atomic E-state index is 12.2. The molecule has 0 saturated carbocycles. The average Bonchev–Trinajstić information content (AvgIpc) is 3.04. The third-order valence-corrected chi connectivity index (χ3v) is 3.64. The van der Waals surface area contributed by atoms with E-state index in [1.54, 1.807) is 30.3 Å². The second-order valence-corrected chi connectivity index (χ2v) is 5.49. The molecular weight excluding hydrogens is 320 g/mol. The predicted octanol–water partition coefficient (Wildman–Crippen LogP) is 1.81. The number of carbonyl (C=O) groups excluding carboxylic acids is 2. The van der Waals surface area contributed by atoms with Crippen LogP contribution in [-0.2, 0) is 11.4 Å². The Morgan fingerprint density at radius 2 is 1.92 bits per heavy atom. The first-order valence-corrected chi connectivity index (χ1v) is 7.88. The van der Waals surface area contributed by atoms with Crippen molar-refractivity contribution in [3.63, 3.8) is 0 Å². The van der Waals surface area contributed by atoms with Gasteiger partial charge in [0.25, 0.3) is 5.91 Å². The minimum atomic E-state index is -0.269. The van der Waals surface area contributed by atoms with Crippen molar-refractivity contribution < 1.29 is 14.7 Å². The zero-order valence-electron chi connectivity index (χ0n) is 13.5. The van der Waals surface area contributed by atoms with E-state index in [-0.39, 0.29) is 31.4 Å². The quantitative estimate of drug-likeness (QED) is 0.550. The molecule has 0 unspecified atom stereocenters. The Morgan fingerprint density at radius 3 is 2.68 bits per heavy atom. The maximum atomic E-state index is 12.2. The van der Waals surface area contributed by atoms with E-state index in [0.29, 0.717) is 22.4 Å². The predicted molar refractivity (Wildman–Crippen MR) is 94.0 cm³/mol. The van der Waals surface area contributed by atoms with Crippen LogP contribution in [0.4, 0.5) is 5.69 Å². The highest BCUT2D eigenvalue weighted by Gasteiger charge is 2.09. The number of nitrogens with zero attached hydrogens (tertiary/aromatic N) is 1. The van der Waals surface area contributed by atoms with E-state index in [1.165, 1.54) is 0 Å². The van der Waals surface area contributed by atoms with Gasteiger partial charge in [-0.1, -0.05) is 18.2 Å². The van der Waals surface area contributed by atoms with Crippen molar-refractivity contribution in [3.8, 4) is 0 Å². The molecule has 0 bridgehead atoms. The van der Waals surface area contributed by atoms with E-state index >= 15 is 0 Å². The summed E-state index contributed by atoms with van der Waals surface area (Å²) in [5, 5.41) is 14.6. The number of aliphatic hydroxyl groups excluding tert-OH is 1. The Bertz CT molecular complexity index is 890. The topological polar surface area (TPSA) is 107 Å². The van der Waals surface area contributed by atoms with Gasteiger partial charge < -0.3 is 20.7 Å². The van der Waals surface area contributed by atoms with Gasteiger partial charge in [0.1, 0.15) is 12.4 Å². The van der Waals surface area contributed by atoms with E-state index in [1.807, 2.05) is 18.2 Å². The molecule has 25 heavy (non-hydrogen) atoms. The number of hydrogen-bond donors (Lipinski definition) is 4. The third-order valence-electron chi connectivity index (χ3n) is 3.64. The summed E-state index contributed by atoms with van der Waals surface area (Å²) in [6.45, 7) is 0.0487. The Morgan fingerprint density at radius 1 is 1.12 bits per heavy atom. The summed E-state index contributed by atoms with van der Waals surface area (Å²) in [6, 6.07) is 14.2. The molecule has 7 nitrogen and oxygen atoms in total. The van der Waals surface area contributed by atoms with Crippen molar-refractivity contribution >= 4 is 28.5 Å². The minimum absolute atomic E-state index is 0.164. The molecule has 4 N–H and O–H groups in total. The van der Waals surface area contributed by atoms with Gasteiger partial charge in [0.2, 0.25) is 5.91 Å². The Hall–Kier alpha value is -3.19. The smallest absolute Gasteiger partial charge is 0.251 e. The Kier molecular flexibility index (Phi) is 5.06. The number of imidazole rings is 1. The minimum Gasteiger partial charge on any atom is -0.388 e. The van der Waals surface area contributed by atoms with Crippen LogP contribution < -0.4 is 10.6 Å². The zero-order chi connectivity index (χ0) is 17.6. The van der Waals surface area contributed by atoms with Crippen molar-refractivity contribution in [2.75, 3.05) is 11.9 Å². The number of fused-ring (bicyclic) bond motifs is 1. The zero-order valence-corrected chi connectivity index (χ0v) is 13.5. The highest BCUT2D eigenvalue weighted by Crippen LogP contribution is 2.14. The SMILES string of the molecule is O=C(CCNC(=O)c1ccc2nc(CO)[nH]c2c1)Nc1ccccc1. The van der Waals surface area contributed by atoms with Gasteiger partial charge in [-0.05, 0) is 30.3 Å². The molecule has 0 radical (unpaired) electrons. The summed E-state index contributed by atoms with van der Waals surface area (Å²) in [7, 11) is 0. The summed E-state index contributed by atoms with van der Waals surface area (Å²) >= 11 is 0. The lowest BCUT2D eigenvalue weighted by atomic mass is 10.2. The van der Waals surface area contributed by atoms with Crippen LogP contribution in [-0.4, -0.2) is 33.4 Å². The van der Waals surface area contributed by atoms with Crippen molar-refractivity contribution in [3.05, 3.63) is 59.9 Å². The number of aromatic nitrogens is 2. The summed E-state index contributed by atoms with van der Waals surface area (Å²) in [5.41, 5.74) is 2.55. The molecular formula is C18H18N4O3. The first-order valence-electron chi connectivity index (χ1n) is 7.88. The number of nitrogens with one attached hydrogen (secondary N) is 3. The van der Waals surface area contributed by atoms with Gasteiger partial charge >= 0.3 is 0 Å². The van der Waals surface area contributed by atoms with E-state index in [0.717, 1.165) is 5.69 Å². The maximum Gasteiger partial charge on any atom is 0.251 e. The molecule has 0 aliphatic carbocycles. The van der Waals surface area contributed by atoms with Crippen LogP contribution in [0.25, 0.3) is 11.0 Å². The number of aromatic amines is 1. The molecule has 3 aromatic rings. The van der Waals surface area contributed by atoms with Crippen LogP contribution >= 0.6 is 0 Å². The largest absolute Gasteiger partial charge is 0.388 e. The first kappa shape index (κ1) is 16.7. The van der Waals surface area contributed by atoms with Crippen LogP contribution in [0.3, 0.4) is 0 Å². The lowest BCUT2D eigenvalue weighted by molar-refractivity contribution is -0.116. The molecule has 1 aromatic heterocycles. The second-order valence-electron chi connectivity index (χ2n) is 5.49. The lowest BCUT2D eigenvalue weighted by Gasteiger charge is -2.07. The highest BCUT2D eigenvalue weighted by molar-refractivity contribution is 5.98. The summed E-state index contributed by atoms with van der Waals surface area (Å²) in [5.74, 6) is 0.0165. The number of rotatable bonds is 6. The van der Waals surface area contributed by atoms with Crippen LogP contribution in [0.1, 0.15) is 22.6 Å². The van der Waals surface area contributed by atoms with Crippen molar-refractivity contribution in [1.29, 1.82) is 0 Å². The van der Waals surface area contributed by atoms with E-state index in [4.69, 9.17) is 5.11 Å².